The van der Waals surface area contributed by atoms with Gasteiger partial charge in [-0.2, -0.15) is 5.10 Å². The average Bonchev–Trinajstić information content (AvgIpc) is 3.10. The quantitative estimate of drug-likeness (QED) is 0.600. The number of aromatic amines is 1. The van der Waals surface area contributed by atoms with Gasteiger partial charge in [0.2, 0.25) is 0 Å². The van der Waals surface area contributed by atoms with Crippen molar-refractivity contribution >= 4 is 11.6 Å². The third-order valence-corrected chi connectivity index (χ3v) is 3.15. The molecule has 6 nitrogen and oxygen atoms in total. The fourth-order valence-electron chi connectivity index (χ4n) is 1.95. The molecule has 0 spiro atoms. The molecule has 1 amide bonds. The van der Waals surface area contributed by atoms with Crippen molar-refractivity contribution in [3.63, 3.8) is 0 Å². The van der Waals surface area contributed by atoms with Crippen molar-refractivity contribution in [3.8, 4) is 0 Å². The van der Waals surface area contributed by atoms with Crippen LogP contribution >= 0.6 is 0 Å². The van der Waals surface area contributed by atoms with E-state index < -0.39 is 6.10 Å². The van der Waals surface area contributed by atoms with Gasteiger partial charge in [0.15, 0.2) is 5.69 Å². The highest BCUT2D eigenvalue weighted by Gasteiger charge is 2.30. The largest absolute Gasteiger partial charge is 0.395 e. The molecule has 0 aliphatic heterocycles. The van der Waals surface area contributed by atoms with Gasteiger partial charge in [-0.25, -0.2) is 0 Å². The van der Waals surface area contributed by atoms with E-state index in [2.05, 4.69) is 15.5 Å². The summed E-state index contributed by atoms with van der Waals surface area (Å²) in [5, 5.41) is 19.0. The minimum Gasteiger partial charge on any atom is -0.395 e. The number of aromatic nitrogens is 2. The van der Waals surface area contributed by atoms with Crippen molar-refractivity contribution in [2.24, 2.45) is 0 Å². The van der Waals surface area contributed by atoms with Gasteiger partial charge in [-0.3, -0.25) is 9.89 Å². The normalized spacial score (nSPS) is 16.6. The third-order valence-electron chi connectivity index (χ3n) is 3.15. The van der Waals surface area contributed by atoms with Gasteiger partial charge >= 0.3 is 0 Å². The van der Waals surface area contributed by atoms with Crippen LogP contribution < -0.4 is 11.1 Å². The summed E-state index contributed by atoms with van der Waals surface area (Å²) < 4.78 is 0. The zero-order valence-electron chi connectivity index (χ0n) is 10.6. The number of hydrogen-bond donors (Lipinski definition) is 4. The van der Waals surface area contributed by atoms with Crippen molar-refractivity contribution in [2.45, 2.75) is 44.6 Å². The maximum absolute atomic E-state index is 11.8. The zero-order chi connectivity index (χ0) is 13.1. The number of carbonyl (C=O) groups excluding carboxylic acids is 1. The number of rotatable bonds is 6. The van der Waals surface area contributed by atoms with Crippen molar-refractivity contribution in [3.05, 3.63) is 11.4 Å². The minimum absolute atomic E-state index is 0.234. The van der Waals surface area contributed by atoms with E-state index in [9.17, 15) is 9.90 Å². The Balaban J connectivity index is 1.92. The number of anilines is 1. The summed E-state index contributed by atoms with van der Waals surface area (Å²) >= 11 is 0. The molecule has 1 atom stereocenters. The number of nitrogens with zero attached hydrogens (tertiary/aromatic N) is 1. The Kier molecular flexibility index (Phi) is 3.86. The van der Waals surface area contributed by atoms with Crippen LogP contribution in [-0.2, 0) is 0 Å². The van der Waals surface area contributed by atoms with Crippen LogP contribution in [0.3, 0.4) is 0 Å². The van der Waals surface area contributed by atoms with E-state index in [0.29, 0.717) is 18.0 Å². The summed E-state index contributed by atoms with van der Waals surface area (Å²) in [6.45, 7) is 2.22. The number of hydrogen-bond acceptors (Lipinski definition) is 4. The number of carbonyl (C=O) groups is 1. The molecular weight excluding hydrogens is 232 g/mol. The first-order valence-electron chi connectivity index (χ1n) is 6.43. The maximum Gasteiger partial charge on any atom is 0.274 e. The van der Waals surface area contributed by atoms with E-state index in [-0.39, 0.29) is 18.1 Å². The van der Waals surface area contributed by atoms with Crippen molar-refractivity contribution in [1.82, 2.24) is 15.5 Å². The van der Waals surface area contributed by atoms with Gasteiger partial charge in [-0.1, -0.05) is 13.3 Å². The molecule has 1 fully saturated rings. The lowest BCUT2D eigenvalue weighted by molar-refractivity contribution is 0.0906. The van der Waals surface area contributed by atoms with Crippen LogP contribution in [0.5, 0.6) is 0 Å². The van der Waals surface area contributed by atoms with Crippen LogP contribution in [0.4, 0.5) is 5.69 Å². The summed E-state index contributed by atoms with van der Waals surface area (Å²) in [4.78, 5) is 11.8. The zero-order valence-corrected chi connectivity index (χ0v) is 10.6. The van der Waals surface area contributed by atoms with E-state index >= 15 is 0 Å². The smallest absolute Gasteiger partial charge is 0.274 e. The standard InChI is InChI=1S/C12H20N4O2/c1-2-3-8(17)6-14-12(18)11-9(13)10(15-16-11)7-4-5-7/h7-8,17H,2-6,13H2,1H3,(H,14,18)(H,15,16). The highest BCUT2D eigenvalue weighted by molar-refractivity contribution is 5.97. The van der Waals surface area contributed by atoms with E-state index in [4.69, 9.17) is 5.73 Å². The van der Waals surface area contributed by atoms with Gasteiger partial charge in [0.05, 0.1) is 17.5 Å². The van der Waals surface area contributed by atoms with Crippen LogP contribution in [0.15, 0.2) is 0 Å². The molecule has 6 heteroatoms. The second kappa shape index (κ2) is 5.39. The van der Waals surface area contributed by atoms with Crippen LogP contribution in [0.25, 0.3) is 0 Å². The molecule has 2 rings (SSSR count). The lowest BCUT2D eigenvalue weighted by Gasteiger charge is -2.09. The van der Waals surface area contributed by atoms with Crippen LogP contribution in [0.1, 0.15) is 54.7 Å². The number of aliphatic hydroxyl groups excluding tert-OH is 1. The molecule has 100 valence electrons. The molecule has 0 saturated heterocycles. The van der Waals surface area contributed by atoms with Gasteiger partial charge in [0, 0.05) is 12.5 Å². The summed E-state index contributed by atoms with van der Waals surface area (Å²) in [5.74, 6) is 0.107. The summed E-state index contributed by atoms with van der Waals surface area (Å²) in [6.07, 6.45) is 3.24. The molecule has 0 radical (unpaired) electrons. The van der Waals surface area contributed by atoms with Gasteiger partial charge < -0.3 is 16.2 Å². The van der Waals surface area contributed by atoms with Gasteiger partial charge in [0.1, 0.15) is 0 Å². The molecule has 1 aromatic heterocycles. The predicted molar refractivity (Wildman–Crippen MR) is 68.2 cm³/mol. The first-order valence-corrected chi connectivity index (χ1v) is 6.43. The monoisotopic (exact) mass is 252 g/mol. The Morgan fingerprint density at radius 3 is 3.00 bits per heavy atom. The van der Waals surface area contributed by atoms with Gasteiger partial charge in [-0.05, 0) is 19.3 Å². The Bertz CT molecular complexity index is 426. The Morgan fingerprint density at radius 2 is 2.39 bits per heavy atom. The highest BCUT2D eigenvalue weighted by Crippen LogP contribution is 2.42. The van der Waals surface area contributed by atoms with Crippen LogP contribution in [0, 0.1) is 0 Å². The average molecular weight is 252 g/mol. The minimum atomic E-state index is -0.512. The van der Waals surface area contributed by atoms with Crippen LogP contribution in [0.2, 0.25) is 0 Å². The number of H-pyrrole nitrogens is 1. The van der Waals surface area contributed by atoms with Crippen molar-refractivity contribution < 1.29 is 9.90 Å². The summed E-state index contributed by atoms with van der Waals surface area (Å²) in [5.41, 5.74) is 7.44. The van der Waals surface area contributed by atoms with Crippen LogP contribution in [-0.4, -0.2) is 33.9 Å². The fraction of sp³-hybridized carbons (Fsp3) is 0.667. The molecule has 1 aromatic rings. The summed E-state index contributed by atoms with van der Waals surface area (Å²) in [7, 11) is 0. The Hall–Kier alpha value is -1.56. The molecule has 1 unspecified atom stereocenters. The molecule has 1 aliphatic carbocycles. The van der Waals surface area contributed by atoms with Crippen molar-refractivity contribution in [1.29, 1.82) is 0 Å². The molecule has 1 heterocycles. The maximum atomic E-state index is 11.8. The molecular formula is C12H20N4O2. The number of nitrogens with one attached hydrogen (secondary N) is 2. The van der Waals surface area contributed by atoms with Gasteiger partial charge in [0.25, 0.3) is 5.91 Å². The number of nitrogens with two attached hydrogens (primary N) is 1. The molecule has 1 aliphatic rings. The number of amides is 1. The van der Waals surface area contributed by atoms with Crippen molar-refractivity contribution in [2.75, 3.05) is 12.3 Å². The van der Waals surface area contributed by atoms with E-state index in [1.807, 2.05) is 6.92 Å². The molecule has 5 N–H and O–H groups in total. The highest BCUT2D eigenvalue weighted by atomic mass is 16.3. The Morgan fingerprint density at radius 1 is 1.67 bits per heavy atom. The second-order valence-corrected chi connectivity index (χ2v) is 4.83. The molecule has 0 aromatic carbocycles. The van der Waals surface area contributed by atoms with Gasteiger partial charge in [-0.15, -0.1) is 0 Å². The molecule has 0 bridgehead atoms. The molecule has 18 heavy (non-hydrogen) atoms. The lowest BCUT2D eigenvalue weighted by Crippen LogP contribution is -2.32. The SMILES string of the molecule is CCCC(O)CNC(=O)c1n[nH]c(C2CC2)c1N. The number of aliphatic hydroxyl groups is 1. The number of nitrogen functional groups attached to an aromatic ring is 1. The molecule has 1 saturated carbocycles. The Labute approximate surface area is 106 Å². The second-order valence-electron chi connectivity index (χ2n) is 4.83. The van der Waals surface area contributed by atoms with E-state index in [1.54, 1.807) is 0 Å². The first kappa shape index (κ1) is 12.9. The van der Waals surface area contributed by atoms with E-state index in [1.165, 1.54) is 0 Å². The first-order chi connectivity index (χ1) is 8.63. The topological polar surface area (TPSA) is 104 Å². The third kappa shape index (κ3) is 2.81. The summed E-state index contributed by atoms with van der Waals surface area (Å²) in [6, 6.07) is 0. The fourth-order valence-corrected chi connectivity index (χ4v) is 1.95. The lowest BCUT2D eigenvalue weighted by atomic mass is 10.2. The predicted octanol–water partition coefficient (Wildman–Crippen LogP) is 0.760. The van der Waals surface area contributed by atoms with E-state index in [0.717, 1.165) is 25.0 Å².